The number of carbonyl (C=O) groups excluding carboxylic acids is 1. The average Bonchev–Trinajstić information content (AvgIpc) is 2.74. The van der Waals surface area contributed by atoms with Crippen molar-refractivity contribution in [1.29, 1.82) is 0 Å². The molecule has 0 bridgehead atoms. The van der Waals surface area contributed by atoms with Crippen molar-refractivity contribution in [3.05, 3.63) is 33.2 Å². The van der Waals surface area contributed by atoms with E-state index in [9.17, 15) is 19.5 Å². The van der Waals surface area contributed by atoms with E-state index in [1.54, 1.807) is 19.9 Å². The summed E-state index contributed by atoms with van der Waals surface area (Å²) in [5.74, 6) is -0.903. The average molecular weight is 458 g/mol. The Labute approximate surface area is 192 Å². The van der Waals surface area contributed by atoms with Crippen molar-refractivity contribution in [1.82, 2.24) is 5.32 Å². The molecule has 2 aliphatic rings. The number of fused-ring (bicyclic) bond motifs is 5. The van der Waals surface area contributed by atoms with Crippen LogP contribution in [0.15, 0.2) is 15.3 Å². The number of benzene rings is 1. The van der Waals surface area contributed by atoms with Crippen LogP contribution in [0.5, 0.6) is 11.5 Å². The molecule has 1 aliphatic carbocycles. The lowest BCUT2D eigenvalue weighted by Crippen LogP contribution is -2.46. The van der Waals surface area contributed by atoms with E-state index < -0.39 is 17.9 Å². The summed E-state index contributed by atoms with van der Waals surface area (Å²) in [6.07, 6.45) is 4.76. The zero-order valence-electron chi connectivity index (χ0n) is 19.6. The van der Waals surface area contributed by atoms with Crippen molar-refractivity contribution >= 4 is 22.8 Å². The molecule has 0 saturated carbocycles. The van der Waals surface area contributed by atoms with Crippen LogP contribution in [0.3, 0.4) is 0 Å². The minimum Gasteiger partial charge on any atom is -0.487 e. The minimum absolute atomic E-state index is 0.270. The van der Waals surface area contributed by atoms with Crippen LogP contribution in [0.25, 0.3) is 11.0 Å². The van der Waals surface area contributed by atoms with Crippen LogP contribution in [0.2, 0.25) is 0 Å². The molecular formula is C25H31NO7. The number of carbonyl (C=O) groups is 2. The third kappa shape index (κ3) is 4.56. The highest BCUT2D eigenvalue weighted by atomic mass is 16.5. The van der Waals surface area contributed by atoms with Crippen LogP contribution < -0.4 is 20.4 Å². The molecule has 1 amide bonds. The number of rotatable bonds is 6. The molecule has 4 rings (SSSR count). The summed E-state index contributed by atoms with van der Waals surface area (Å²) >= 11 is 0. The van der Waals surface area contributed by atoms with Gasteiger partial charge >= 0.3 is 11.6 Å². The molecule has 0 fully saturated rings. The molecule has 2 N–H and O–H groups in total. The number of hydrogen-bond donors (Lipinski definition) is 2. The summed E-state index contributed by atoms with van der Waals surface area (Å²) in [7, 11) is 0. The maximum atomic E-state index is 12.7. The first-order valence-electron chi connectivity index (χ1n) is 11.6. The Morgan fingerprint density at radius 2 is 1.85 bits per heavy atom. The second-order valence-electron chi connectivity index (χ2n) is 9.89. The molecule has 1 aromatic heterocycles. The lowest BCUT2D eigenvalue weighted by Gasteiger charge is -2.33. The number of nitrogens with one attached hydrogen (secondary N) is 1. The van der Waals surface area contributed by atoms with Gasteiger partial charge < -0.3 is 24.3 Å². The molecule has 2 aromatic rings. The first-order valence-corrected chi connectivity index (χ1v) is 11.6. The van der Waals surface area contributed by atoms with Gasteiger partial charge in [0.15, 0.2) is 6.61 Å². The van der Waals surface area contributed by atoms with E-state index in [1.807, 2.05) is 13.8 Å². The number of carboxylic acids is 1. The van der Waals surface area contributed by atoms with Crippen molar-refractivity contribution in [3.8, 4) is 11.5 Å². The molecule has 1 atom stereocenters. The fourth-order valence-electron chi connectivity index (χ4n) is 4.70. The topological polar surface area (TPSA) is 115 Å². The quantitative estimate of drug-likeness (QED) is 0.639. The van der Waals surface area contributed by atoms with Crippen molar-refractivity contribution in [2.45, 2.75) is 77.9 Å². The van der Waals surface area contributed by atoms with Gasteiger partial charge in [0, 0.05) is 17.2 Å². The van der Waals surface area contributed by atoms with Crippen LogP contribution >= 0.6 is 0 Å². The Morgan fingerprint density at radius 3 is 2.52 bits per heavy atom. The molecule has 8 nitrogen and oxygen atoms in total. The Bertz CT molecular complexity index is 1160. The normalized spacial score (nSPS) is 17.6. The van der Waals surface area contributed by atoms with Gasteiger partial charge in [0.2, 0.25) is 0 Å². The first kappa shape index (κ1) is 23.1. The van der Waals surface area contributed by atoms with Gasteiger partial charge in [-0.2, -0.15) is 0 Å². The van der Waals surface area contributed by atoms with E-state index >= 15 is 0 Å². The zero-order valence-corrected chi connectivity index (χ0v) is 19.6. The summed E-state index contributed by atoms with van der Waals surface area (Å²) in [5.41, 5.74) is 2.20. The third-order valence-electron chi connectivity index (χ3n) is 6.49. The number of aryl methyl sites for hydroxylation is 2. The van der Waals surface area contributed by atoms with Gasteiger partial charge in [-0.15, -0.1) is 0 Å². The maximum Gasteiger partial charge on any atom is 0.339 e. The summed E-state index contributed by atoms with van der Waals surface area (Å²) in [4.78, 5) is 36.7. The Morgan fingerprint density at radius 1 is 1.15 bits per heavy atom. The van der Waals surface area contributed by atoms with E-state index in [2.05, 4.69) is 5.32 Å². The van der Waals surface area contributed by atoms with Crippen LogP contribution in [-0.4, -0.2) is 35.2 Å². The van der Waals surface area contributed by atoms with Gasteiger partial charge in [-0.3, -0.25) is 4.79 Å². The van der Waals surface area contributed by atoms with Gasteiger partial charge in [-0.25, -0.2) is 9.59 Å². The van der Waals surface area contributed by atoms with Gasteiger partial charge in [0.05, 0.1) is 5.39 Å². The molecule has 1 aromatic carbocycles. The van der Waals surface area contributed by atoms with Crippen LogP contribution in [0.4, 0.5) is 0 Å². The number of carboxylic acid groups (broad SMARTS) is 1. The number of amides is 1. The van der Waals surface area contributed by atoms with Crippen molar-refractivity contribution < 1.29 is 28.6 Å². The number of hydrogen-bond acceptors (Lipinski definition) is 6. The van der Waals surface area contributed by atoms with Crippen molar-refractivity contribution in [2.75, 3.05) is 6.61 Å². The lowest BCUT2D eigenvalue weighted by molar-refractivity contribution is -0.143. The fraction of sp³-hybridized carbons (Fsp3) is 0.560. The molecule has 2 heterocycles. The molecular weight excluding hydrogens is 426 g/mol. The fourth-order valence-corrected chi connectivity index (χ4v) is 4.70. The molecule has 0 saturated heterocycles. The highest BCUT2D eigenvalue weighted by Crippen LogP contribution is 2.44. The van der Waals surface area contributed by atoms with E-state index in [1.165, 1.54) is 0 Å². The molecule has 0 radical (unpaired) electrons. The number of ether oxygens (including phenoxy) is 2. The molecule has 0 spiro atoms. The van der Waals surface area contributed by atoms with Gasteiger partial charge in [0.25, 0.3) is 5.91 Å². The van der Waals surface area contributed by atoms with E-state index in [-0.39, 0.29) is 23.8 Å². The first-order chi connectivity index (χ1) is 15.6. The highest BCUT2D eigenvalue weighted by molar-refractivity contribution is 5.93. The molecule has 33 heavy (non-hydrogen) atoms. The second kappa shape index (κ2) is 8.72. The standard InChI is InChI=1S/C25H31NO7/c1-13(2)21(23(28)29)26-19(27)12-31-18-11-17-16(9-10-25(3,4)33-17)22-20(18)14-7-5-6-8-15(14)24(30)32-22/h11,13,21H,5-10,12H2,1-4H3,(H,26,27)(H,28,29). The minimum atomic E-state index is -1.09. The Balaban J connectivity index is 1.74. The van der Waals surface area contributed by atoms with Gasteiger partial charge in [-0.1, -0.05) is 13.8 Å². The predicted octanol–water partition coefficient (Wildman–Crippen LogP) is 3.38. The van der Waals surface area contributed by atoms with Crippen LogP contribution in [-0.2, 0) is 28.9 Å². The highest BCUT2D eigenvalue weighted by Gasteiger charge is 2.32. The Hall–Kier alpha value is -3.03. The second-order valence-corrected chi connectivity index (χ2v) is 9.89. The van der Waals surface area contributed by atoms with Gasteiger partial charge in [0.1, 0.15) is 28.7 Å². The number of aliphatic carboxylic acids is 1. The van der Waals surface area contributed by atoms with Gasteiger partial charge in [-0.05, 0) is 63.9 Å². The SMILES string of the molecule is CC(C)C(NC(=O)COc1cc2c(c3oc(=O)c4c(c13)CCCC4)CCC(C)(C)O2)C(=O)O. The Kier molecular flexibility index (Phi) is 6.12. The van der Waals surface area contributed by atoms with Crippen LogP contribution in [0, 0.1) is 5.92 Å². The summed E-state index contributed by atoms with van der Waals surface area (Å²) in [6.45, 7) is 7.08. The maximum absolute atomic E-state index is 12.7. The summed E-state index contributed by atoms with van der Waals surface area (Å²) < 4.78 is 17.9. The van der Waals surface area contributed by atoms with Crippen LogP contribution in [0.1, 0.15) is 63.6 Å². The third-order valence-corrected chi connectivity index (χ3v) is 6.49. The lowest BCUT2D eigenvalue weighted by atomic mass is 9.87. The summed E-state index contributed by atoms with van der Waals surface area (Å²) in [5, 5.41) is 12.6. The van der Waals surface area contributed by atoms with Crippen molar-refractivity contribution in [3.63, 3.8) is 0 Å². The predicted molar refractivity (Wildman–Crippen MR) is 122 cm³/mol. The largest absolute Gasteiger partial charge is 0.487 e. The van der Waals surface area contributed by atoms with E-state index in [4.69, 9.17) is 13.9 Å². The summed E-state index contributed by atoms with van der Waals surface area (Å²) in [6, 6.07) is 0.772. The van der Waals surface area contributed by atoms with E-state index in [0.29, 0.717) is 35.5 Å². The molecule has 1 unspecified atom stereocenters. The monoisotopic (exact) mass is 457 g/mol. The van der Waals surface area contributed by atoms with Crippen molar-refractivity contribution in [2.24, 2.45) is 5.92 Å². The van der Waals surface area contributed by atoms with E-state index in [0.717, 1.165) is 42.2 Å². The molecule has 178 valence electrons. The molecule has 1 aliphatic heterocycles. The molecule has 8 heteroatoms. The zero-order chi connectivity index (χ0) is 23.9. The smallest absolute Gasteiger partial charge is 0.339 e.